The van der Waals surface area contributed by atoms with Crippen molar-refractivity contribution in [3.8, 4) is 0 Å². The lowest BCUT2D eigenvalue weighted by atomic mass is 10.1. The van der Waals surface area contributed by atoms with Gasteiger partial charge in [0, 0.05) is 30.3 Å². The van der Waals surface area contributed by atoms with Gasteiger partial charge in [0.05, 0.1) is 5.60 Å². The number of hydrogen-bond acceptors (Lipinski definition) is 2. The third kappa shape index (κ3) is 5.02. The van der Waals surface area contributed by atoms with Crippen molar-refractivity contribution in [3.05, 3.63) is 34.6 Å². The zero-order chi connectivity index (χ0) is 12.9. The molecule has 0 unspecified atom stereocenters. The van der Waals surface area contributed by atoms with Gasteiger partial charge in [0.25, 0.3) is 0 Å². The lowest BCUT2D eigenvalue weighted by Gasteiger charge is -2.25. The van der Waals surface area contributed by atoms with Crippen LogP contribution in [0.25, 0.3) is 0 Å². The van der Waals surface area contributed by atoms with Crippen LogP contribution in [0.3, 0.4) is 0 Å². The maximum Gasteiger partial charge on any atom is 0.129 e. The molecule has 0 amide bonds. The maximum absolute atomic E-state index is 13.5. The molecule has 1 aromatic rings. The molecule has 0 spiro atoms. The van der Waals surface area contributed by atoms with Crippen LogP contribution in [0.4, 0.5) is 4.39 Å². The first-order chi connectivity index (χ1) is 7.94. The van der Waals surface area contributed by atoms with Gasteiger partial charge in [0.2, 0.25) is 0 Å². The first kappa shape index (κ1) is 14.4. The smallest absolute Gasteiger partial charge is 0.129 e. The first-order valence-electron chi connectivity index (χ1n) is 5.73. The Kier molecular flexibility index (Phi) is 5.37. The van der Waals surface area contributed by atoms with E-state index in [1.54, 1.807) is 12.1 Å². The predicted octanol–water partition coefficient (Wildman–Crippen LogP) is 3.38. The molecule has 0 heterocycles. The van der Waals surface area contributed by atoms with Gasteiger partial charge in [-0.25, -0.2) is 4.39 Å². The van der Waals surface area contributed by atoms with Gasteiger partial charge in [-0.15, -0.1) is 0 Å². The molecule has 0 radical (unpaired) electrons. The molecule has 0 saturated carbocycles. The molecule has 0 aliphatic carbocycles. The van der Waals surface area contributed by atoms with Gasteiger partial charge < -0.3 is 10.1 Å². The van der Waals surface area contributed by atoms with E-state index in [0.717, 1.165) is 0 Å². The highest BCUT2D eigenvalue weighted by molar-refractivity contribution is 6.30. The molecule has 2 nitrogen and oxygen atoms in total. The SMILES string of the molecule is CCOC(C)(C)CNCc1ccc(Cl)cc1F. The van der Waals surface area contributed by atoms with Crippen molar-refractivity contribution < 1.29 is 9.13 Å². The second-order valence-corrected chi connectivity index (χ2v) is 4.97. The highest BCUT2D eigenvalue weighted by Gasteiger charge is 2.16. The molecule has 0 atom stereocenters. The van der Waals surface area contributed by atoms with Crippen LogP contribution in [0.1, 0.15) is 26.3 Å². The Morgan fingerprint density at radius 2 is 2.12 bits per heavy atom. The van der Waals surface area contributed by atoms with Gasteiger partial charge in [0.15, 0.2) is 0 Å². The van der Waals surface area contributed by atoms with Gasteiger partial charge in [-0.1, -0.05) is 17.7 Å². The van der Waals surface area contributed by atoms with Crippen molar-refractivity contribution in [2.75, 3.05) is 13.2 Å². The molecule has 0 aliphatic heterocycles. The maximum atomic E-state index is 13.5. The van der Waals surface area contributed by atoms with E-state index < -0.39 is 0 Å². The van der Waals surface area contributed by atoms with E-state index >= 15 is 0 Å². The summed E-state index contributed by atoms with van der Waals surface area (Å²) in [5.74, 6) is -0.279. The Morgan fingerprint density at radius 3 is 2.71 bits per heavy atom. The second kappa shape index (κ2) is 6.34. The third-order valence-corrected chi connectivity index (χ3v) is 2.65. The summed E-state index contributed by atoms with van der Waals surface area (Å²) in [4.78, 5) is 0. The monoisotopic (exact) mass is 259 g/mol. The second-order valence-electron chi connectivity index (χ2n) is 4.53. The van der Waals surface area contributed by atoms with E-state index in [4.69, 9.17) is 16.3 Å². The molecule has 0 aliphatic rings. The van der Waals surface area contributed by atoms with Gasteiger partial charge >= 0.3 is 0 Å². The number of hydrogen-bond donors (Lipinski definition) is 1. The minimum absolute atomic E-state index is 0.238. The molecular formula is C13H19ClFNO. The van der Waals surface area contributed by atoms with Crippen LogP contribution in [-0.2, 0) is 11.3 Å². The quantitative estimate of drug-likeness (QED) is 0.846. The summed E-state index contributed by atoms with van der Waals surface area (Å²) in [5, 5.41) is 3.60. The van der Waals surface area contributed by atoms with Crippen molar-refractivity contribution in [3.63, 3.8) is 0 Å². The summed E-state index contributed by atoms with van der Waals surface area (Å²) in [7, 11) is 0. The lowest BCUT2D eigenvalue weighted by Crippen LogP contribution is -2.37. The van der Waals surface area contributed by atoms with Gasteiger partial charge in [-0.3, -0.25) is 0 Å². The Morgan fingerprint density at radius 1 is 1.41 bits per heavy atom. The molecule has 0 fully saturated rings. The number of nitrogens with one attached hydrogen (secondary N) is 1. The van der Waals surface area contributed by atoms with E-state index in [-0.39, 0.29) is 11.4 Å². The lowest BCUT2D eigenvalue weighted by molar-refractivity contribution is -0.00901. The summed E-state index contributed by atoms with van der Waals surface area (Å²) in [6, 6.07) is 4.71. The van der Waals surface area contributed by atoms with Crippen molar-refractivity contribution in [1.29, 1.82) is 0 Å². The Hall–Kier alpha value is -0.640. The number of halogens is 2. The summed E-state index contributed by atoms with van der Waals surface area (Å²) in [5.41, 5.74) is 0.374. The minimum Gasteiger partial charge on any atom is -0.375 e. The van der Waals surface area contributed by atoms with Gasteiger partial charge in [-0.2, -0.15) is 0 Å². The fraction of sp³-hybridized carbons (Fsp3) is 0.538. The summed E-state index contributed by atoms with van der Waals surface area (Å²) in [6.07, 6.45) is 0. The Bertz CT molecular complexity index is 368. The molecule has 4 heteroatoms. The first-order valence-corrected chi connectivity index (χ1v) is 6.11. The van der Waals surface area contributed by atoms with Crippen molar-refractivity contribution in [1.82, 2.24) is 5.32 Å². The summed E-state index contributed by atoms with van der Waals surface area (Å²) >= 11 is 5.68. The number of rotatable bonds is 6. The van der Waals surface area contributed by atoms with Gasteiger partial charge in [0.1, 0.15) is 5.82 Å². The van der Waals surface area contributed by atoms with Crippen LogP contribution in [0.15, 0.2) is 18.2 Å². The van der Waals surface area contributed by atoms with Crippen molar-refractivity contribution in [2.24, 2.45) is 0 Å². The average Bonchev–Trinajstić information content (AvgIpc) is 2.21. The van der Waals surface area contributed by atoms with Crippen LogP contribution >= 0.6 is 11.6 Å². The van der Waals surface area contributed by atoms with Crippen molar-refractivity contribution >= 4 is 11.6 Å². The van der Waals surface area contributed by atoms with Crippen LogP contribution < -0.4 is 5.32 Å². The molecule has 1 aromatic carbocycles. The van der Waals surface area contributed by atoms with Crippen LogP contribution in [-0.4, -0.2) is 18.8 Å². The van der Waals surface area contributed by atoms with E-state index in [9.17, 15) is 4.39 Å². The summed E-state index contributed by atoms with van der Waals surface area (Å²) < 4.78 is 19.0. The highest BCUT2D eigenvalue weighted by Crippen LogP contribution is 2.14. The normalized spacial score (nSPS) is 11.8. The fourth-order valence-corrected chi connectivity index (χ4v) is 1.76. The highest BCUT2D eigenvalue weighted by atomic mass is 35.5. The van der Waals surface area contributed by atoms with Crippen LogP contribution in [0, 0.1) is 5.82 Å². The minimum atomic E-state index is -0.279. The molecule has 1 rings (SSSR count). The standard InChI is InChI=1S/C13H19ClFNO/c1-4-17-13(2,3)9-16-8-10-5-6-11(14)7-12(10)15/h5-7,16H,4,8-9H2,1-3H3. The molecule has 1 N–H and O–H groups in total. The Balaban J connectivity index is 2.46. The van der Waals surface area contributed by atoms with E-state index in [1.165, 1.54) is 6.07 Å². The predicted molar refractivity (Wildman–Crippen MR) is 68.8 cm³/mol. The van der Waals surface area contributed by atoms with Crippen LogP contribution in [0.5, 0.6) is 0 Å². The zero-order valence-electron chi connectivity index (χ0n) is 10.5. The van der Waals surface area contributed by atoms with Crippen LogP contribution in [0.2, 0.25) is 5.02 Å². The number of benzene rings is 1. The van der Waals surface area contributed by atoms with E-state index in [0.29, 0.717) is 30.3 Å². The molecule has 96 valence electrons. The molecule has 0 saturated heterocycles. The largest absolute Gasteiger partial charge is 0.375 e. The topological polar surface area (TPSA) is 21.3 Å². The van der Waals surface area contributed by atoms with Crippen molar-refractivity contribution in [2.45, 2.75) is 32.9 Å². The van der Waals surface area contributed by atoms with Gasteiger partial charge in [-0.05, 0) is 32.9 Å². The number of ether oxygens (including phenoxy) is 1. The Labute approximate surface area is 107 Å². The zero-order valence-corrected chi connectivity index (χ0v) is 11.3. The third-order valence-electron chi connectivity index (χ3n) is 2.42. The molecular weight excluding hydrogens is 241 g/mol. The summed E-state index contributed by atoms with van der Waals surface area (Å²) in [6.45, 7) is 7.77. The molecule has 17 heavy (non-hydrogen) atoms. The molecule has 0 bridgehead atoms. The molecule has 0 aromatic heterocycles. The average molecular weight is 260 g/mol. The van der Waals surface area contributed by atoms with E-state index in [1.807, 2.05) is 20.8 Å². The fourth-order valence-electron chi connectivity index (χ4n) is 1.61. The van der Waals surface area contributed by atoms with E-state index in [2.05, 4.69) is 5.32 Å².